The first kappa shape index (κ1) is 13.2. The molecule has 1 fully saturated rings. The number of hydrogen-bond acceptors (Lipinski definition) is 3. The Balaban J connectivity index is 1.81. The molecule has 100 valence electrons. The van der Waals surface area contributed by atoms with Crippen molar-refractivity contribution in [3.63, 3.8) is 0 Å². The maximum absolute atomic E-state index is 13.3. The lowest BCUT2D eigenvalue weighted by atomic mass is 9.82. The summed E-state index contributed by atoms with van der Waals surface area (Å²) >= 11 is 0. The molecule has 5 heteroatoms. The van der Waals surface area contributed by atoms with E-state index in [4.69, 9.17) is 5.73 Å². The molecule has 0 amide bonds. The van der Waals surface area contributed by atoms with Crippen molar-refractivity contribution in [2.75, 3.05) is 18.4 Å². The van der Waals surface area contributed by atoms with Gasteiger partial charge >= 0.3 is 0 Å². The van der Waals surface area contributed by atoms with Crippen LogP contribution >= 0.6 is 0 Å². The van der Waals surface area contributed by atoms with Crippen molar-refractivity contribution in [2.45, 2.75) is 25.7 Å². The van der Waals surface area contributed by atoms with Gasteiger partial charge in [-0.3, -0.25) is 0 Å². The van der Waals surface area contributed by atoms with Crippen LogP contribution in [-0.4, -0.2) is 18.1 Å². The van der Waals surface area contributed by atoms with Crippen LogP contribution < -0.4 is 11.1 Å². The molecule has 18 heavy (non-hydrogen) atoms. The molecule has 1 saturated carbocycles. The van der Waals surface area contributed by atoms with Crippen LogP contribution in [0.1, 0.15) is 25.7 Å². The summed E-state index contributed by atoms with van der Waals surface area (Å²) in [5, 5.41) is 2.96. The first-order valence-corrected chi connectivity index (χ1v) is 6.44. The fraction of sp³-hybridized carbons (Fsp3) is 0.615. The first-order chi connectivity index (χ1) is 8.69. The van der Waals surface area contributed by atoms with Crippen LogP contribution in [0.2, 0.25) is 0 Å². The molecule has 3 nitrogen and oxygen atoms in total. The summed E-state index contributed by atoms with van der Waals surface area (Å²) in [7, 11) is 0. The highest BCUT2D eigenvalue weighted by molar-refractivity contribution is 5.35. The van der Waals surface area contributed by atoms with Crippen molar-refractivity contribution in [1.29, 1.82) is 0 Å². The molecule has 1 aliphatic carbocycles. The number of hydrogen-bond donors (Lipinski definition) is 2. The molecule has 0 spiro atoms. The Hall–Kier alpha value is -1.23. The van der Waals surface area contributed by atoms with E-state index in [9.17, 15) is 8.78 Å². The van der Waals surface area contributed by atoms with Crippen LogP contribution in [0.15, 0.2) is 12.3 Å². The third-order valence-corrected chi connectivity index (χ3v) is 3.67. The molecule has 0 aliphatic heterocycles. The third-order valence-electron chi connectivity index (χ3n) is 3.67. The molecule has 3 N–H and O–H groups in total. The molecule has 0 aromatic carbocycles. The van der Waals surface area contributed by atoms with Gasteiger partial charge in [0.2, 0.25) is 0 Å². The number of pyridine rings is 1. The largest absolute Gasteiger partial charge is 0.367 e. The van der Waals surface area contributed by atoms with Gasteiger partial charge < -0.3 is 11.1 Å². The van der Waals surface area contributed by atoms with E-state index in [1.807, 2.05) is 0 Å². The summed E-state index contributed by atoms with van der Waals surface area (Å²) in [5.41, 5.74) is 5.64. The van der Waals surface area contributed by atoms with Gasteiger partial charge in [0.25, 0.3) is 0 Å². The quantitative estimate of drug-likeness (QED) is 0.869. The summed E-state index contributed by atoms with van der Waals surface area (Å²) in [6.45, 7) is 1.45. The number of aromatic nitrogens is 1. The van der Waals surface area contributed by atoms with Gasteiger partial charge in [0.05, 0.1) is 6.20 Å². The normalized spacial score (nSPS) is 23.9. The van der Waals surface area contributed by atoms with E-state index >= 15 is 0 Å². The second-order valence-corrected chi connectivity index (χ2v) is 4.99. The Labute approximate surface area is 106 Å². The monoisotopic (exact) mass is 255 g/mol. The van der Waals surface area contributed by atoms with Crippen molar-refractivity contribution in [1.82, 2.24) is 4.98 Å². The molecular formula is C13H19F2N3. The van der Waals surface area contributed by atoms with E-state index in [2.05, 4.69) is 10.3 Å². The number of nitrogens with two attached hydrogens (primary N) is 1. The average molecular weight is 255 g/mol. The fourth-order valence-electron chi connectivity index (χ4n) is 2.46. The lowest BCUT2D eigenvalue weighted by molar-refractivity contribution is 0.289. The second kappa shape index (κ2) is 6.09. The number of halogens is 2. The molecule has 1 aromatic rings. The molecule has 1 aromatic heterocycles. The Morgan fingerprint density at radius 2 is 1.89 bits per heavy atom. The van der Waals surface area contributed by atoms with Gasteiger partial charge in [-0.25, -0.2) is 13.8 Å². The van der Waals surface area contributed by atoms with Crippen LogP contribution in [0.3, 0.4) is 0 Å². The van der Waals surface area contributed by atoms with Crippen LogP contribution in [0, 0.1) is 23.5 Å². The summed E-state index contributed by atoms with van der Waals surface area (Å²) in [5.74, 6) is 0.0190. The van der Waals surface area contributed by atoms with Crippen molar-refractivity contribution < 1.29 is 8.78 Å². The van der Waals surface area contributed by atoms with Crippen molar-refractivity contribution in [3.05, 3.63) is 23.9 Å². The summed E-state index contributed by atoms with van der Waals surface area (Å²) in [6.07, 6.45) is 5.52. The highest BCUT2D eigenvalue weighted by atomic mass is 19.1. The van der Waals surface area contributed by atoms with Gasteiger partial charge in [-0.05, 0) is 44.1 Å². The minimum atomic E-state index is -0.651. The predicted octanol–water partition coefficient (Wildman–Crippen LogP) is 2.54. The van der Waals surface area contributed by atoms with E-state index in [1.165, 1.54) is 0 Å². The van der Waals surface area contributed by atoms with E-state index in [0.29, 0.717) is 18.4 Å². The molecule has 0 atom stereocenters. The average Bonchev–Trinajstić information content (AvgIpc) is 2.38. The van der Waals surface area contributed by atoms with E-state index in [0.717, 1.165) is 44.5 Å². The Bertz CT molecular complexity index is 390. The highest BCUT2D eigenvalue weighted by Gasteiger charge is 2.20. The van der Waals surface area contributed by atoms with Gasteiger partial charge in [0, 0.05) is 12.6 Å². The van der Waals surface area contributed by atoms with E-state index in [1.54, 1.807) is 0 Å². The van der Waals surface area contributed by atoms with Gasteiger partial charge in [0.15, 0.2) is 11.6 Å². The zero-order valence-corrected chi connectivity index (χ0v) is 10.3. The van der Waals surface area contributed by atoms with Crippen LogP contribution in [0.25, 0.3) is 0 Å². The Kier molecular flexibility index (Phi) is 4.47. The molecule has 0 saturated heterocycles. The van der Waals surface area contributed by atoms with Gasteiger partial charge in [-0.2, -0.15) is 0 Å². The van der Waals surface area contributed by atoms with Crippen molar-refractivity contribution in [3.8, 4) is 0 Å². The van der Waals surface area contributed by atoms with Gasteiger partial charge in [-0.1, -0.05) is 0 Å². The van der Waals surface area contributed by atoms with Crippen LogP contribution in [0.4, 0.5) is 14.6 Å². The molecule has 1 heterocycles. The van der Waals surface area contributed by atoms with Crippen molar-refractivity contribution in [2.24, 2.45) is 17.6 Å². The maximum atomic E-state index is 13.3. The SMILES string of the molecule is NCC1CCC(CNc2ncc(F)cc2F)CC1. The minimum Gasteiger partial charge on any atom is -0.367 e. The molecule has 0 unspecified atom stereocenters. The summed E-state index contributed by atoms with van der Waals surface area (Å²) < 4.78 is 26.0. The lowest BCUT2D eigenvalue weighted by Gasteiger charge is -2.27. The van der Waals surface area contributed by atoms with Gasteiger partial charge in [0.1, 0.15) is 5.82 Å². The van der Waals surface area contributed by atoms with Crippen LogP contribution in [0.5, 0.6) is 0 Å². The number of anilines is 1. The van der Waals surface area contributed by atoms with Crippen molar-refractivity contribution >= 4 is 5.82 Å². The predicted molar refractivity (Wildman–Crippen MR) is 67.1 cm³/mol. The number of nitrogens with zero attached hydrogens (tertiary/aromatic N) is 1. The maximum Gasteiger partial charge on any atom is 0.168 e. The number of rotatable bonds is 4. The molecule has 2 rings (SSSR count). The van der Waals surface area contributed by atoms with E-state index in [-0.39, 0.29) is 5.82 Å². The molecule has 0 bridgehead atoms. The highest BCUT2D eigenvalue weighted by Crippen LogP contribution is 2.28. The standard InChI is InChI=1S/C13H19F2N3/c14-11-5-12(15)13(18-8-11)17-7-10-3-1-9(6-16)2-4-10/h5,8-10H,1-4,6-7,16H2,(H,17,18). The second-order valence-electron chi connectivity index (χ2n) is 4.99. The topological polar surface area (TPSA) is 50.9 Å². The zero-order chi connectivity index (χ0) is 13.0. The first-order valence-electron chi connectivity index (χ1n) is 6.44. The zero-order valence-electron chi connectivity index (χ0n) is 10.3. The molecule has 0 radical (unpaired) electrons. The van der Waals surface area contributed by atoms with Crippen LogP contribution in [-0.2, 0) is 0 Å². The molecule has 1 aliphatic rings. The molecular weight excluding hydrogens is 236 g/mol. The Morgan fingerprint density at radius 1 is 1.22 bits per heavy atom. The fourth-order valence-corrected chi connectivity index (χ4v) is 2.46. The minimum absolute atomic E-state index is 0.136. The third kappa shape index (κ3) is 3.38. The van der Waals surface area contributed by atoms with E-state index < -0.39 is 11.6 Å². The smallest absolute Gasteiger partial charge is 0.168 e. The number of nitrogens with one attached hydrogen (secondary N) is 1. The lowest BCUT2D eigenvalue weighted by Crippen LogP contribution is -2.25. The van der Waals surface area contributed by atoms with Gasteiger partial charge in [-0.15, -0.1) is 0 Å². The Morgan fingerprint density at radius 3 is 2.50 bits per heavy atom. The summed E-state index contributed by atoms with van der Waals surface area (Å²) in [4.78, 5) is 3.71. The summed E-state index contributed by atoms with van der Waals surface area (Å²) in [6, 6.07) is 0.848.